The molecule has 2 heterocycles. The second kappa shape index (κ2) is 12.5. The molecule has 41 heavy (non-hydrogen) atoms. The highest BCUT2D eigenvalue weighted by molar-refractivity contribution is 5.77. The maximum atomic E-state index is 11.4. The van der Waals surface area contributed by atoms with Crippen molar-refractivity contribution in [2.45, 2.75) is 44.5 Å². The Bertz CT molecular complexity index is 1550. The smallest absolute Gasteiger partial charge is 0.247 e. The van der Waals surface area contributed by atoms with Crippen molar-refractivity contribution in [3.63, 3.8) is 0 Å². The Morgan fingerprint density at radius 3 is 2.07 bits per heavy atom. The molecule has 6 rings (SSSR count). The molecule has 5 aromatic rings. The van der Waals surface area contributed by atoms with Crippen LogP contribution in [0.5, 0.6) is 5.88 Å². The average molecular weight is 552 g/mol. The minimum atomic E-state index is -0.705. The fourth-order valence-corrected chi connectivity index (χ4v) is 5.46. The highest BCUT2D eigenvalue weighted by atomic mass is 16.5. The number of nitrogens with two attached hydrogens (primary N) is 1. The third kappa shape index (κ3) is 6.22. The lowest BCUT2D eigenvalue weighted by Crippen LogP contribution is -2.30. The van der Waals surface area contributed by atoms with Gasteiger partial charge in [0, 0.05) is 12.3 Å². The van der Waals surface area contributed by atoms with Crippen molar-refractivity contribution >= 4 is 17.1 Å². The van der Waals surface area contributed by atoms with Crippen LogP contribution in [0.15, 0.2) is 97.3 Å². The lowest BCUT2D eigenvalue weighted by Gasteiger charge is -2.27. The number of benzene rings is 3. The summed E-state index contributed by atoms with van der Waals surface area (Å²) in [7, 11) is 0. The molecule has 210 valence electrons. The van der Waals surface area contributed by atoms with Gasteiger partial charge >= 0.3 is 0 Å². The molecule has 1 fully saturated rings. The minimum absolute atomic E-state index is 0.0727. The summed E-state index contributed by atoms with van der Waals surface area (Å²) >= 11 is 0. The highest BCUT2D eigenvalue weighted by Crippen LogP contribution is 2.41. The second-order valence-electron chi connectivity index (χ2n) is 10.3. The van der Waals surface area contributed by atoms with Gasteiger partial charge in [0.2, 0.25) is 11.8 Å². The van der Waals surface area contributed by atoms with Gasteiger partial charge in [0.15, 0.2) is 11.2 Å². The van der Waals surface area contributed by atoms with Crippen LogP contribution in [0.1, 0.15) is 29.2 Å². The fraction of sp³-hybridized carbons (Fsp3) is 0.281. The molecule has 0 amide bonds. The molecule has 3 N–H and O–H groups in total. The Morgan fingerprint density at radius 2 is 1.41 bits per heavy atom. The largest absolute Gasteiger partial charge is 0.471 e. The Kier molecular flexibility index (Phi) is 8.18. The molecule has 9 heteroatoms. The van der Waals surface area contributed by atoms with Gasteiger partial charge in [-0.25, -0.2) is 4.98 Å². The summed E-state index contributed by atoms with van der Waals surface area (Å²) in [5, 5.41) is 11.4. The summed E-state index contributed by atoms with van der Waals surface area (Å²) in [6.45, 7) is 1.60. The number of nitrogen functional groups attached to an aromatic ring is 1. The summed E-state index contributed by atoms with van der Waals surface area (Å²) in [4.78, 5) is 13.4. The van der Waals surface area contributed by atoms with Crippen LogP contribution in [0, 0.1) is 5.92 Å². The summed E-state index contributed by atoms with van der Waals surface area (Å²) in [5.74, 6) is 0.208. The first-order valence-electron chi connectivity index (χ1n) is 13.8. The molecule has 1 aliphatic rings. The first-order valence-corrected chi connectivity index (χ1v) is 13.8. The van der Waals surface area contributed by atoms with E-state index in [-0.39, 0.29) is 18.0 Å². The standard InChI is InChI=1S/C32H33N5O4/c33-32-35-30-28(31(36-32)41-19-24-14-8-3-9-15-24)34-21-37(30)29-25(20-39-17-22-10-4-1-5-11-22)27(16-26(29)38)40-18-23-12-6-2-7-13-23/h1-15,21,25-27,29,38H,16-20H2,(H2,33,35,36)/t25-,26+,27+,29+/m1/s1. The van der Waals surface area contributed by atoms with Crippen LogP contribution in [0.25, 0.3) is 11.2 Å². The van der Waals surface area contributed by atoms with Gasteiger partial charge in [0.05, 0.1) is 44.4 Å². The maximum absolute atomic E-state index is 11.4. The van der Waals surface area contributed by atoms with E-state index in [0.717, 1.165) is 16.7 Å². The van der Waals surface area contributed by atoms with Crippen LogP contribution >= 0.6 is 0 Å². The van der Waals surface area contributed by atoms with Gasteiger partial charge in [-0.05, 0) is 16.7 Å². The molecule has 0 aliphatic heterocycles. The van der Waals surface area contributed by atoms with Crippen LogP contribution in [-0.4, -0.2) is 43.4 Å². The number of nitrogens with zero attached hydrogens (tertiary/aromatic N) is 4. The Balaban J connectivity index is 1.27. The van der Waals surface area contributed by atoms with Crippen molar-refractivity contribution in [1.82, 2.24) is 19.5 Å². The van der Waals surface area contributed by atoms with Gasteiger partial charge in [-0.15, -0.1) is 0 Å². The molecule has 0 radical (unpaired) electrons. The molecule has 0 unspecified atom stereocenters. The van der Waals surface area contributed by atoms with Crippen molar-refractivity contribution in [3.05, 3.63) is 114 Å². The number of fused-ring (bicyclic) bond motifs is 1. The predicted molar refractivity (Wildman–Crippen MR) is 155 cm³/mol. The van der Waals surface area contributed by atoms with Gasteiger partial charge in [-0.1, -0.05) is 91.0 Å². The molecular weight excluding hydrogens is 518 g/mol. The maximum Gasteiger partial charge on any atom is 0.247 e. The van der Waals surface area contributed by atoms with Crippen LogP contribution in [-0.2, 0) is 29.3 Å². The molecule has 4 atom stereocenters. The lowest BCUT2D eigenvalue weighted by atomic mass is 10.0. The normalized spacial score (nSPS) is 20.4. The predicted octanol–water partition coefficient (Wildman–Crippen LogP) is 4.71. The van der Waals surface area contributed by atoms with Gasteiger partial charge in [0.1, 0.15) is 6.61 Å². The van der Waals surface area contributed by atoms with Crippen LogP contribution < -0.4 is 10.5 Å². The molecule has 1 aliphatic carbocycles. The zero-order valence-corrected chi connectivity index (χ0v) is 22.6. The molecule has 0 bridgehead atoms. The van der Waals surface area contributed by atoms with E-state index in [0.29, 0.717) is 49.9 Å². The van der Waals surface area contributed by atoms with Gasteiger partial charge < -0.3 is 29.6 Å². The molecule has 0 saturated heterocycles. The number of rotatable bonds is 11. The molecule has 9 nitrogen and oxygen atoms in total. The van der Waals surface area contributed by atoms with E-state index in [9.17, 15) is 5.11 Å². The Morgan fingerprint density at radius 1 is 0.805 bits per heavy atom. The number of hydrogen-bond donors (Lipinski definition) is 2. The number of aromatic nitrogens is 4. The van der Waals surface area contributed by atoms with Crippen LogP contribution in [0.3, 0.4) is 0 Å². The van der Waals surface area contributed by atoms with Crippen LogP contribution in [0.4, 0.5) is 5.95 Å². The fourth-order valence-electron chi connectivity index (χ4n) is 5.46. The number of ether oxygens (including phenoxy) is 3. The van der Waals surface area contributed by atoms with E-state index < -0.39 is 12.1 Å². The quantitative estimate of drug-likeness (QED) is 0.242. The van der Waals surface area contributed by atoms with E-state index in [1.807, 2.05) is 95.6 Å². The second-order valence-corrected chi connectivity index (χ2v) is 10.3. The average Bonchev–Trinajstić information content (AvgIpc) is 3.56. The molecular formula is C32H33N5O4. The van der Waals surface area contributed by atoms with E-state index in [4.69, 9.17) is 19.9 Å². The molecule has 2 aromatic heterocycles. The summed E-state index contributed by atoms with van der Waals surface area (Å²) < 4.78 is 20.5. The topological polar surface area (TPSA) is 118 Å². The number of imidazole rings is 1. The Labute approximate surface area is 238 Å². The van der Waals surface area contributed by atoms with E-state index in [2.05, 4.69) is 15.0 Å². The summed E-state index contributed by atoms with van der Waals surface area (Å²) in [6.07, 6.45) is 1.18. The van der Waals surface area contributed by atoms with Crippen molar-refractivity contribution in [2.75, 3.05) is 12.3 Å². The van der Waals surface area contributed by atoms with Crippen molar-refractivity contribution < 1.29 is 19.3 Å². The molecule has 1 saturated carbocycles. The van der Waals surface area contributed by atoms with Crippen LogP contribution in [0.2, 0.25) is 0 Å². The zero-order chi connectivity index (χ0) is 28.0. The first-order chi connectivity index (χ1) is 20.2. The van der Waals surface area contributed by atoms with E-state index >= 15 is 0 Å². The van der Waals surface area contributed by atoms with E-state index in [1.54, 1.807) is 6.33 Å². The van der Waals surface area contributed by atoms with Crippen molar-refractivity contribution in [1.29, 1.82) is 0 Å². The lowest BCUT2D eigenvalue weighted by molar-refractivity contribution is -0.0273. The van der Waals surface area contributed by atoms with Crippen molar-refractivity contribution in [2.24, 2.45) is 5.92 Å². The monoisotopic (exact) mass is 551 g/mol. The third-order valence-corrected chi connectivity index (χ3v) is 7.46. The number of anilines is 1. The zero-order valence-electron chi connectivity index (χ0n) is 22.6. The SMILES string of the molecule is Nc1nc(OCc2ccccc2)c2ncn([C@H]3[C@H](COCc4ccccc4)[C@@H](OCc4ccccc4)C[C@@H]3O)c2n1. The first kappa shape index (κ1) is 26.9. The number of aliphatic hydroxyl groups is 1. The minimum Gasteiger partial charge on any atom is -0.471 e. The number of aliphatic hydroxyl groups excluding tert-OH is 1. The highest BCUT2D eigenvalue weighted by Gasteiger charge is 2.45. The van der Waals surface area contributed by atoms with Crippen molar-refractivity contribution in [3.8, 4) is 5.88 Å². The molecule has 0 spiro atoms. The molecule has 3 aromatic carbocycles. The summed E-state index contributed by atoms with van der Waals surface area (Å²) in [6, 6.07) is 29.5. The van der Waals surface area contributed by atoms with Gasteiger partial charge in [0.25, 0.3) is 0 Å². The van der Waals surface area contributed by atoms with Gasteiger partial charge in [-0.2, -0.15) is 9.97 Å². The number of hydrogen-bond acceptors (Lipinski definition) is 8. The summed E-state index contributed by atoms with van der Waals surface area (Å²) in [5.41, 5.74) is 10.3. The Hall–Kier alpha value is -4.31. The third-order valence-electron chi connectivity index (χ3n) is 7.46. The van der Waals surface area contributed by atoms with E-state index in [1.165, 1.54) is 0 Å². The van der Waals surface area contributed by atoms with Gasteiger partial charge in [-0.3, -0.25) is 0 Å².